The number of fused-ring (bicyclic) bond motifs is 1. The third kappa shape index (κ3) is 4.69. The molecule has 0 bridgehead atoms. The number of aryl methyl sites for hydroxylation is 1. The van der Waals surface area contributed by atoms with Crippen LogP contribution >= 0.6 is 0 Å². The van der Waals surface area contributed by atoms with Crippen LogP contribution in [0, 0.1) is 12.7 Å². The summed E-state index contributed by atoms with van der Waals surface area (Å²) < 4.78 is 18.6. The minimum Gasteiger partial charge on any atom is -0.368 e. The fraction of sp³-hybridized carbons (Fsp3) is 0.0870. The number of rotatable bonds is 6. The largest absolute Gasteiger partial charge is 0.368 e. The molecule has 0 spiro atoms. The fourth-order valence-electron chi connectivity index (χ4n) is 3.22. The third-order valence-corrected chi connectivity index (χ3v) is 4.83. The summed E-state index contributed by atoms with van der Waals surface area (Å²) in [5, 5.41) is 9.51. The van der Waals surface area contributed by atoms with Gasteiger partial charge in [0.05, 0.1) is 28.9 Å². The van der Waals surface area contributed by atoms with Crippen molar-refractivity contribution in [2.24, 2.45) is 5.73 Å². The SMILES string of the molecule is Cc1noc2nc(-c3ccc(F)cc3)cc(C(=O)Nc3ccc(C(=O)NCC(N)=O)cc3)c12. The predicted molar refractivity (Wildman–Crippen MR) is 118 cm³/mol. The van der Waals surface area contributed by atoms with Crippen molar-refractivity contribution in [1.29, 1.82) is 0 Å². The van der Waals surface area contributed by atoms with Crippen LogP contribution in [-0.4, -0.2) is 34.4 Å². The van der Waals surface area contributed by atoms with Gasteiger partial charge in [0.15, 0.2) is 0 Å². The number of hydrogen-bond acceptors (Lipinski definition) is 6. The number of nitrogens with zero attached hydrogens (tertiary/aromatic N) is 2. The van der Waals surface area contributed by atoms with Crippen LogP contribution in [0.2, 0.25) is 0 Å². The van der Waals surface area contributed by atoms with E-state index in [4.69, 9.17) is 10.3 Å². The number of primary amides is 1. The summed E-state index contributed by atoms with van der Waals surface area (Å²) in [5.74, 6) is -1.95. The Morgan fingerprint density at radius 2 is 1.73 bits per heavy atom. The lowest BCUT2D eigenvalue weighted by atomic mass is 10.0. The number of hydrogen-bond donors (Lipinski definition) is 3. The topological polar surface area (TPSA) is 140 Å². The van der Waals surface area contributed by atoms with E-state index < -0.39 is 17.7 Å². The number of nitrogens with two attached hydrogens (primary N) is 1. The maximum atomic E-state index is 13.3. The maximum Gasteiger partial charge on any atom is 0.259 e. The molecule has 2 aromatic carbocycles. The molecule has 2 heterocycles. The van der Waals surface area contributed by atoms with E-state index in [0.29, 0.717) is 33.6 Å². The smallest absolute Gasteiger partial charge is 0.259 e. The van der Waals surface area contributed by atoms with Crippen LogP contribution < -0.4 is 16.4 Å². The molecule has 0 unspecified atom stereocenters. The average molecular weight is 447 g/mol. The molecule has 0 fully saturated rings. The van der Waals surface area contributed by atoms with E-state index in [0.717, 1.165) is 0 Å². The molecule has 0 aliphatic rings. The minimum atomic E-state index is -0.653. The van der Waals surface area contributed by atoms with Crippen LogP contribution in [0.1, 0.15) is 26.4 Å². The Labute approximate surface area is 186 Å². The molecular formula is C23H18FN5O4. The zero-order valence-electron chi connectivity index (χ0n) is 17.4. The Hall–Kier alpha value is -4.60. The summed E-state index contributed by atoms with van der Waals surface area (Å²) >= 11 is 0. The highest BCUT2D eigenvalue weighted by atomic mass is 19.1. The monoisotopic (exact) mass is 447 g/mol. The van der Waals surface area contributed by atoms with Crippen LogP contribution in [-0.2, 0) is 4.79 Å². The van der Waals surface area contributed by atoms with Crippen LogP contribution in [0.5, 0.6) is 0 Å². The summed E-state index contributed by atoms with van der Waals surface area (Å²) in [7, 11) is 0. The second kappa shape index (κ2) is 8.87. The Balaban J connectivity index is 1.61. The summed E-state index contributed by atoms with van der Waals surface area (Å²) in [4.78, 5) is 40.3. The lowest BCUT2D eigenvalue weighted by Crippen LogP contribution is -2.33. The number of pyridine rings is 1. The second-order valence-electron chi connectivity index (χ2n) is 7.19. The van der Waals surface area contributed by atoms with E-state index in [1.54, 1.807) is 37.3 Å². The molecule has 0 saturated carbocycles. The molecule has 0 aliphatic heterocycles. The van der Waals surface area contributed by atoms with Gasteiger partial charge >= 0.3 is 0 Å². The molecule has 2 aromatic heterocycles. The van der Waals surface area contributed by atoms with Gasteiger partial charge in [0, 0.05) is 16.8 Å². The number of halogens is 1. The first-order chi connectivity index (χ1) is 15.8. The predicted octanol–water partition coefficient (Wildman–Crippen LogP) is 2.80. The Morgan fingerprint density at radius 1 is 1.03 bits per heavy atom. The van der Waals surface area contributed by atoms with Crippen LogP contribution in [0.15, 0.2) is 59.1 Å². The highest BCUT2D eigenvalue weighted by Crippen LogP contribution is 2.28. The van der Waals surface area contributed by atoms with E-state index in [1.165, 1.54) is 24.3 Å². The molecule has 0 radical (unpaired) electrons. The van der Waals surface area contributed by atoms with Crippen LogP contribution in [0.3, 0.4) is 0 Å². The standard InChI is InChI=1S/C23H18FN5O4/c1-12-20-17(10-18(28-23(20)33-29-12)13-2-6-15(24)7-3-13)22(32)27-16-8-4-14(5-9-16)21(31)26-11-19(25)30/h2-10H,11H2,1H3,(H2,25,30)(H,26,31)(H,27,32). The molecule has 0 saturated heterocycles. The van der Waals surface area contributed by atoms with Gasteiger partial charge in [-0.25, -0.2) is 9.37 Å². The molecule has 166 valence electrons. The van der Waals surface area contributed by atoms with E-state index in [2.05, 4.69) is 20.8 Å². The fourth-order valence-corrected chi connectivity index (χ4v) is 3.22. The van der Waals surface area contributed by atoms with Crippen molar-refractivity contribution in [2.75, 3.05) is 11.9 Å². The van der Waals surface area contributed by atoms with Gasteiger partial charge in [-0.3, -0.25) is 14.4 Å². The molecule has 0 atom stereocenters. The molecule has 33 heavy (non-hydrogen) atoms. The molecule has 4 aromatic rings. The Bertz CT molecular complexity index is 1360. The highest BCUT2D eigenvalue weighted by molar-refractivity contribution is 6.13. The number of anilines is 1. The number of benzene rings is 2. The quantitative estimate of drug-likeness (QED) is 0.415. The van der Waals surface area contributed by atoms with Gasteiger partial charge in [0.25, 0.3) is 17.5 Å². The number of carbonyl (C=O) groups excluding carboxylic acids is 3. The van der Waals surface area contributed by atoms with E-state index in [9.17, 15) is 18.8 Å². The van der Waals surface area contributed by atoms with Crippen molar-refractivity contribution in [1.82, 2.24) is 15.5 Å². The summed E-state index contributed by atoms with van der Waals surface area (Å²) in [6, 6.07) is 13.4. The minimum absolute atomic E-state index is 0.181. The second-order valence-corrected chi connectivity index (χ2v) is 7.19. The van der Waals surface area contributed by atoms with E-state index in [-0.39, 0.29) is 23.6 Å². The number of amides is 3. The number of carbonyl (C=O) groups is 3. The zero-order valence-corrected chi connectivity index (χ0v) is 17.4. The molecule has 3 amide bonds. The highest BCUT2D eigenvalue weighted by Gasteiger charge is 2.20. The average Bonchev–Trinajstić information content (AvgIpc) is 3.18. The maximum absolute atomic E-state index is 13.3. The Kier molecular flexibility index (Phi) is 5.81. The van der Waals surface area contributed by atoms with Crippen molar-refractivity contribution >= 4 is 34.5 Å². The first kappa shape index (κ1) is 21.6. The van der Waals surface area contributed by atoms with Crippen molar-refractivity contribution in [2.45, 2.75) is 6.92 Å². The van der Waals surface area contributed by atoms with Crippen molar-refractivity contribution in [3.63, 3.8) is 0 Å². The van der Waals surface area contributed by atoms with Crippen LogP contribution in [0.4, 0.5) is 10.1 Å². The van der Waals surface area contributed by atoms with E-state index in [1.807, 2.05) is 0 Å². The zero-order chi connectivity index (χ0) is 23.5. The molecular weight excluding hydrogens is 429 g/mol. The van der Waals surface area contributed by atoms with Crippen molar-refractivity contribution < 1.29 is 23.3 Å². The van der Waals surface area contributed by atoms with Crippen molar-refractivity contribution in [3.8, 4) is 11.3 Å². The van der Waals surface area contributed by atoms with Gasteiger partial charge in [-0.1, -0.05) is 5.16 Å². The molecule has 4 rings (SSSR count). The lowest BCUT2D eigenvalue weighted by Gasteiger charge is -2.09. The number of nitrogens with one attached hydrogen (secondary N) is 2. The van der Waals surface area contributed by atoms with Gasteiger partial charge in [0.1, 0.15) is 5.82 Å². The van der Waals surface area contributed by atoms with Crippen molar-refractivity contribution in [3.05, 3.63) is 77.2 Å². The van der Waals surface area contributed by atoms with Gasteiger partial charge in [-0.15, -0.1) is 0 Å². The van der Waals surface area contributed by atoms with Gasteiger partial charge in [-0.2, -0.15) is 0 Å². The summed E-state index contributed by atoms with van der Waals surface area (Å²) in [5.41, 5.74) is 7.74. The lowest BCUT2D eigenvalue weighted by molar-refractivity contribution is -0.117. The molecule has 4 N–H and O–H groups in total. The van der Waals surface area contributed by atoms with Gasteiger partial charge < -0.3 is 20.9 Å². The van der Waals surface area contributed by atoms with Gasteiger partial charge in [-0.05, 0) is 61.5 Å². The van der Waals surface area contributed by atoms with E-state index >= 15 is 0 Å². The molecule has 10 heteroatoms. The summed E-state index contributed by atoms with van der Waals surface area (Å²) in [6.45, 7) is 1.42. The third-order valence-electron chi connectivity index (χ3n) is 4.83. The summed E-state index contributed by atoms with van der Waals surface area (Å²) in [6.07, 6.45) is 0. The van der Waals surface area contributed by atoms with Gasteiger partial charge in [0.2, 0.25) is 5.91 Å². The molecule has 0 aliphatic carbocycles. The first-order valence-electron chi connectivity index (χ1n) is 9.82. The normalized spacial score (nSPS) is 10.7. The molecule has 9 nitrogen and oxygen atoms in total. The Morgan fingerprint density at radius 3 is 2.39 bits per heavy atom. The first-order valence-corrected chi connectivity index (χ1v) is 9.82. The number of aromatic nitrogens is 2. The van der Waals surface area contributed by atoms with Crippen LogP contribution in [0.25, 0.3) is 22.4 Å².